The van der Waals surface area contributed by atoms with Gasteiger partial charge in [0.15, 0.2) is 0 Å². The maximum absolute atomic E-state index is 12.1. The molecule has 3 N–H and O–H groups in total. The molecule has 0 bridgehead atoms. The molecule has 1 amide bonds. The Labute approximate surface area is 119 Å². The van der Waals surface area contributed by atoms with Gasteiger partial charge in [-0.25, -0.2) is 4.98 Å². The predicted octanol–water partition coefficient (Wildman–Crippen LogP) is 1.61. The lowest BCUT2D eigenvalue weighted by Gasteiger charge is -2.14. The summed E-state index contributed by atoms with van der Waals surface area (Å²) in [4.78, 5) is 16.3. The van der Waals surface area contributed by atoms with Gasteiger partial charge in [0.05, 0.1) is 6.10 Å². The summed E-state index contributed by atoms with van der Waals surface area (Å²) in [6.45, 7) is 4.36. The molecule has 2 unspecified atom stereocenters. The van der Waals surface area contributed by atoms with E-state index in [9.17, 15) is 4.79 Å². The first kappa shape index (κ1) is 14.8. The lowest BCUT2D eigenvalue weighted by molar-refractivity contribution is -0.125. The third-order valence-corrected chi connectivity index (χ3v) is 3.49. The van der Waals surface area contributed by atoms with Gasteiger partial charge >= 0.3 is 0 Å². The minimum atomic E-state index is 0.0520. The SMILES string of the molecule is CC(C)Oc1ncccc1CNC(=O)C1CCC(N)C1. The number of hydrogen-bond acceptors (Lipinski definition) is 4. The Kier molecular flexibility index (Phi) is 4.95. The highest BCUT2D eigenvalue weighted by molar-refractivity contribution is 5.79. The van der Waals surface area contributed by atoms with Crippen molar-refractivity contribution in [3.8, 4) is 5.88 Å². The van der Waals surface area contributed by atoms with Gasteiger partial charge in [0, 0.05) is 30.3 Å². The monoisotopic (exact) mass is 277 g/mol. The van der Waals surface area contributed by atoms with Crippen molar-refractivity contribution in [1.82, 2.24) is 10.3 Å². The van der Waals surface area contributed by atoms with E-state index in [4.69, 9.17) is 10.5 Å². The Hall–Kier alpha value is -1.62. The molecule has 1 fully saturated rings. The number of ether oxygens (including phenoxy) is 1. The minimum absolute atomic E-state index is 0.0520. The zero-order valence-corrected chi connectivity index (χ0v) is 12.1. The summed E-state index contributed by atoms with van der Waals surface area (Å²) >= 11 is 0. The molecule has 1 heterocycles. The molecule has 1 saturated carbocycles. The van der Waals surface area contributed by atoms with Crippen LogP contribution in [-0.2, 0) is 11.3 Å². The van der Waals surface area contributed by atoms with Crippen LogP contribution >= 0.6 is 0 Å². The third kappa shape index (κ3) is 3.93. The zero-order valence-electron chi connectivity index (χ0n) is 12.1. The number of carbonyl (C=O) groups is 1. The van der Waals surface area contributed by atoms with E-state index in [1.54, 1.807) is 6.20 Å². The van der Waals surface area contributed by atoms with Gasteiger partial charge in [-0.1, -0.05) is 6.07 Å². The van der Waals surface area contributed by atoms with Gasteiger partial charge in [-0.2, -0.15) is 0 Å². The Bertz CT molecular complexity index is 462. The van der Waals surface area contributed by atoms with E-state index in [0.29, 0.717) is 12.4 Å². The van der Waals surface area contributed by atoms with Crippen molar-refractivity contribution in [1.29, 1.82) is 0 Å². The lowest BCUT2D eigenvalue weighted by Crippen LogP contribution is -2.30. The van der Waals surface area contributed by atoms with Crippen molar-refractivity contribution >= 4 is 5.91 Å². The van der Waals surface area contributed by atoms with Crippen LogP contribution in [0.2, 0.25) is 0 Å². The molecule has 5 heteroatoms. The maximum Gasteiger partial charge on any atom is 0.223 e. The van der Waals surface area contributed by atoms with Gasteiger partial charge < -0.3 is 15.8 Å². The van der Waals surface area contributed by atoms with Crippen LogP contribution in [0, 0.1) is 5.92 Å². The first-order chi connectivity index (χ1) is 9.56. The zero-order chi connectivity index (χ0) is 14.5. The standard InChI is InChI=1S/C15H23N3O2/c1-10(2)20-15-12(4-3-7-17-15)9-18-14(19)11-5-6-13(16)8-11/h3-4,7,10-11,13H,5-6,8-9,16H2,1-2H3,(H,18,19). The molecule has 0 aliphatic heterocycles. The molecule has 0 aromatic carbocycles. The van der Waals surface area contributed by atoms with Crippen LogP contribution < -0.4 is 15.8 Å². The molecule has 5 nitrogen and oxygen atoms in total. The third-order valence-electron chi connectivity index (χ3n) is 3.49. The number of nitrogens with zero attached hydrogens (tertiary/aromatic N) is 1. The molecule has 1 aliphatic carbocycles. The lowest BCUT2D eigenvalue weighted by atomic mass is 10.1. The Morgan fingerprint density at radius 2 is 2.35 bits per heavy atom. The van der Waals surface area contributed by atoms with E-state index in [1.807, 2.05) is 26.0 Å². The second kappa shape index (κ2) is 6.70. The Morgan fingerprint density at radius 1 is 1.55 bits per heavy atom. The van der Waals surface area contributed by atoms with Gasteiger partial charge in [0.25, 0.3) is 0 Å². The van der Waals surface area contributed by atoms with E-state index in [-0.39, 0.29) is 24.0 Å². The summed E-state index contributed by atoms with van der Waals surface area (Å²) in [6, 6.07) is 3.94. The molecule has 2 rings (SSSR count). The molecule has 1 aliphatic rings. The fourth-order valence-electron chi connectivity index (χ4n) is 2.47. The highest BCUT2D eigenvalue weighted by Crippen LogP contribution is 2.24. The van der Waals surface area contributed by atoms with Crippen LogP contribution in [0.5, 0.6) is 5.88 Å². The summed E-state index contributed by atoms with van der Waals surface area (Å²) in [6.07, 6.45) is 4.36. The average Bonchev–Trinajstić information content (AvgIpc) is 2.83. The van der Waals surface area contributed by atoms with E-state index in [0.717, 1.165) is 24.8 Å². The minimum Gasteiger partial charge on any atom is -0.475 e. The fourth-order valence-corrected chi connectivity index (χ4v) is 2.47. The number of amides is 1. The predicted molar refractivity (Wildman–Crippen MR) is 77.2 cm³/mol. The van der Waals surface area contributed by atoms with Crippen LogP contribution in [0.1, 0.15) is 38.7 Å². The van der Waals surface area contributed by atoms with Crippen molar-refractivity contribution in [3.63, 3.8) is 0 Å². The molecule has 0 radical (unpaired) electrons. The number of hydrogen-bond donors (Lipinski definition) is 2. The number of carbonyl (C=O) groups excluding carboxylic acids is 1. The second-order valence-electron chi connectivity index (χ2n) is 5.62. The number of nitrogens with two attached hydrogens (primary N) is 1. The molecule has 1 aromatic heterocycles. The van der Waals surface area contributed by atoms with Gasteiger partial charge in [-0.3, -0.25) is 4.79 Å². The van der Waals surface area contributed by atoms with Crippen LogP contribution in [-0.4, -0.2) is 23.0 Å². The van der Waals surface area contributed by atoms with Crippen LogP contribution in [0.15, 0.2) is 18.3 Å². The van der Waals surface area contributed by atoms with Crippen molar-refractivity contribution in [3.05, 3.63) is 23.9 Å². The maximum atomic E-state index is 12.1. The molecule has 0 spiro atoms. The summed E-state index contributed by atoms with van der Waals surface area (Å²) in [5.41, 5.74) is 6.74. The molecule has 110 valence electrons. The van der Waals surface area contributed by atoms with Gasteiger partial charge in [-0.15, -0.1) is 0 Å². The fraction of sp³-hybridized carbons (Fsp3) is 0.600. The number of rotatable bonds is 5. The van der Waals surface area contributed by atoms with Gasteiger partial charge in [0.1, 0.15) is 0 Å². The Balaban J connectivity index is 1.92. The van der Waals surface area contributed by atoms with Gasteiger partial charge in [0.2, 0.25) is 11.8 Å². The highest BCUT2D eigenvalue weighted by atomic mass is 16.5. The summed E-state index contributed by atoms with van der Waals surface area (Å²) in [5.74, 6) is 0.722. The molecular weight excluding hydrogens is 254 g/mol. The molecule has 0 saturated heterocycles. The Morgan fingerprint density at radius 3 is 3.00 bits per heavy atom. The number of aromatic nitrogens is 1. The molecule has 20 heavy (non-hydrogen) atoms. The van der Waals surface area contributed by atoms with Crippen LogP contribution in [0.25, 0.3) is 0 Å². The van der Waals surface area contributed by atoms with Crippen molar-refractivity contribution in [2.24, 2.45) is 11.7 Å². The van der Waals surface area contributed by atoms with Crippen molar-refractivity contribution < 1.29 is 9.53 Å². The van der Waals surface area contributed by atoms with E-state index < -0.39 is 0 Å². The van der Waals surface area contributed by atoms with E-state index >= 15 is 0 Å². The average molecular weight is 277 g/mol. The smallest absolute Gasteiger partial charge is 0.223 e. The molecule has 1 aromatic rings. The number of pyridine rings is 1. The molecule has 2 atom stereocenters. The van der Waals surface area contributed by atoms with Crippen LogP contribution in [0.3, 0.4) is 0 Å². The first-order valence-corrected chi connectivity index (χ1v) is 7.20. The quantitative estimate of drug-likeness (QED) is 0.857. The van der Waals surface area contributed by atoms with Crippen molar-refractivity contribution in [2.45, 2.75) is 51.8 Å². The van der Waals surface area contributed by atoms with Crippen LogP contribution in [0.4, 0.5) is 0 Å². The topological polar surface area (TPSA) is 77.2 Å². The first-order valence-electron chi connectivity index (χ1n) is 7.20. The summed E-state index contributed by atoms with van der Waals surface area (Å²) in [7, 11) is 0. The number of nitrogens with one attached hydrogen (secondary N) is 1. The van der Waals surface area contributed by atoms with Crippen molar-refractivity contribution in [2.75, 3.05) is 0 Å². The second-order valence-corrected chi connectivity index (χ2v) is 5.62. The summed E-state index contributed by atoms with van der Waals surface area (Å²) in [5, 5.41) is 2.96. The summed E-state index contributed by atoms with van der Waals surface area (Å²) < 4.78 is 5.64. The largest absolute Gasteiger partial charge is 0.475 e. The highest BCUT2D eigenvalue weighted by Gasteiger charge is 2.27. The van der Waals surface area contributed by atoms with Gasteiger partial charge in [-0.05, 0) is 39.2 Å². The normalized spacial score (nSPS) is 22.0. The van der Waals surface area contributed by atoms with E-state index in [1.165, 1.54) is 0 Å². The van der Waals surface area contributed by atoms with E-state index in [2.05, 4.69) is 10.3 Å². The molecular formula is C15H23N3O2.